The number of hydrogen-bond donors (Lipinski definition) is 4. The zero-order valence-electron chi connectivity index (χ0n) is 30.2. The van der Waals surface area contributed by atoms with E-state index in [0.717, 1.165) is 60.6 Å². The number of nitrogens with zero attached hydrogens (tertiary/aromatic N) is 3. The fraction of sp³-hybridized carbons (Fsp3) is 0.378. The van der Waals surface area contributed by atoms with E-state index in [1.807, 2.05) is 33.2 Å². The molecule has 0 spiro atoms. The third-order valence-corrected chi connectivity index (χ3v) is 9.14. The Labute approximate surface area is 308 Å². The molecule has 0 aliphatic carbocycles. The number of esters is 1. The molecule has 0 bridgehead atoms. The predicted molar refractivity (Wildman–Crippen MR) is 203 cm³/mol. The Morgan fingerprint density at radius 1 is 0.788 bits per heavy atom. The number of nitrogens with two attached hydrogens (primary N) is 1. The Balaban J connectivity index is 0.000000376. The highest BCUT2D eigenvalue weighted by molar-refractivity contribution is 7.86. The van der Waals surface area contributed by atoms with Gasteiger partial charge in [-0.2, -0.15) is 21.8 Å². The molecule has 1 aromatic heterocycles. The topological polar surface area (TPSA) is 202 Å². The number of anilines is 2. The summed E-state index contributed by atoms with van der Waals surface area (Å²) in [6, 6.07) is 22.9. The first-order valence-corrected chi connectivity index (χ1v) is 19.8. The summed E-state index contributed by atoms with van der Waals surface area (Å²) in [7, 11) is -3.92. The van der Waals surface area contributed by atoms with E-state index >= 15 is 0 Å². The maximum Gasteiger partial charge on any atom is 0.310 e. The van der Waals surface area contributed by atoms with E-state index in [2.05, 4.69) is 39.2 Å². The normalized spacial score (nSPS) is 11.1. The standard InChI is InChI=1S/C25H39N5O2.2C6H6O3S/c1-5-6-7-14-27-24-22(19(2)28-25(26)29-24)17-20-10-12-21(13-11-20)18-23(31)32-16-9-8-15-30(3)4;2*7-10(8,9)6-4-2-1-3-5-6/h10-13H,5-9,14-18H2,1-4H3,(H3,26,27,28,29);2*1-5H,(H,7,8,9). The van der Waals surface area contributed by atoms with Crippen molar-refractivity contribution in [1.29, 1.82) is 0 Å². The summed E-state index contributed by atoms with van der Waals surface area (Å²) in [6.07, 6.45) is 6.37. The van der Waals surface area contributed by atoms with Gasteiger partial charge in [0.25, 0.3) is 20.2 Å². The molecule has 0 unspecified atom stereocenters. The summed E-state index contributed by atoms with van der Waals surface area (Å²) >= 11 is 0. The van der Waals surface area contributed by atoms with Gasteiger partial charge >= 0.3 is 5.97 Å². The van der Waals surface area contributed by atoms with Crippen LogP contribution in [0.1, 0.15) is 61.4 Å². The van der Waals surface area contributed by atoms with Crippen molar-refractivity contribution in [3.05, 3.63) is 107 Å². The molecule has 13 nitrogen and oxygen atoms in total. The van der Waals surface area contributed by atoms with Gasteiger partial charge in [-0.05, 0) is 82.2 Å². The summed E-state index contributed by atoms with van der Waals surface area (Å²) < 4.78 is 63.8. The van der Waals surface area contributed by atoms with E-state index < -0.39 is 20.2 Å². The van der Waals surface area contributed by atoms with Gasteiger partial charge in [0.05, 0.1) is 22.8 Å². The SMILES string of the molecule is CCCCCNc1nc(N)nc(C)c1Cc1ccc(CC(=O)OCCCCN(C)C)cc1.O=S(=O)(O)c1ccccc1.O=S(=O)(O)c1ccccc1. The van der Waals surface area contributed by atoms with Crippen molar-refractivity contribution in [1.82, 2.24) is 14.9 Å². The molecule has 1 heterocycles. The first-order valence-electron chi connectivity index (χ1n) is 16.9. The molecule has 0 aliphatic heterocycles. The Hall–Kier alpha value is -4.41. The van der Waals surface area contributed by atoms with Crippen LogP contribution in [0, 0.1) is 6.92 Å². The zero-order valence-corrected chi connectivity index (χ0v) is 31.9. The number of nitrogen functional groups attached to an aromatic ring is 1. The second-order valence-electron chi connectivity index (χ2n) is 12.1. The van der Waals surface area contributed by atoms with Crippen molar-refractivity contribution in [2.75, 3.05) is 44.8 Å². The Kier molecular flexibility index (Phi) is 18.9. The number of carbonyl (C=O) groups is 1. The number of unbranched alkanes of at least 4 members (excludes halogenated alkanes) is 3. The van der Waals surface area contributed by atoms with Crippen LogP contribution in [-0.2, 0) is 42.6 Å². The van der Waals surface area contributed by atoms with Gasteiger partial charge < -0.3 is 20.7 Å². The first-order chi connectivity index (χ1) is 24.6. The molecule has 3 aromatic carbocycles. The van der Waals surface area contributed by atoms with Crippen LogP contribution in [0.2, 0.25) is 0 Å². The van der Waals surface area contributed by atoms with Crippen LogP contribution in [-0.4, -0.2) is 80.6 Å². The predicted octanol–water partition coefficient (Wildman–Crippen LogP) is 5.85. The quantitative estimate of drug-likeness (QED) is 0.0603. The Bertz CT molecular complexity index is 1790. The van der Waals surface area contributed by atoms with Crippen molar-refractivity contribution in [3.8, 4) is 0 Å². The number of rotatable bonds is 16. The average Bonchev–Trinajstić information content (AvgIpc) is 3.09. The van der Waals surface area contributed by atoms with Gasteiger partial charge in [0, 0.05) is 24.2 Å². The van der Waals surface area contributed by atoms with Gasteiger partial charge in [0.2, 0.25) is 5.95 Å². The minimum absolute atomic E-state index is 0.0741. The first kappa shape index (κ1) is 43.8. The van der Waals surface area contributed by atoms with Crippen molar-refractivity contribution >= 4 is 38.0 Å². The van der Waals surface area contributed by atoms with E-state index in [-0.39, 0.29) is 15.8 Å². The molecule has 4 rings (SSSR count). The molecule has 0 saturated heterocycles. The maximum absolute atomic E-state index is 12.1. The molecule has 4 aromatic rings. The van der Waals surface area contributed by atoms with Crippen LogP contribution in [0.5, 0.6) is 0 Å². The van der Waals surface area contributed by atoms with Gasteiger partial charge in [-0.1, -0.05) is 80.4 Å². The number of aromatic nitrogens is 2. The second kappa shape index (κ2) is 22.5. The van der Waals surface area contributed by atoms with Crippen molar-refractivity contribution in [2.24, 2.45) is 0 Å². The molecule has 0 amide bonds. The molecular weight excluding hydrogens is 707 g/mol. The number of carbonyl (C=O) groups excluding carboxylic acids is 1. The molecular formula is C37H51N5O8S2. The third-order valence-electron chi connectivity index (χ3n) is 7.40. The molecule has 0 fully saturated rings. The lowest BCUT2D eigenvalue weighted by Crippen LogP contribution is -2.14. The van der Waals surface area contributed by atoms with Crippen molar-refractivity contribution in [2.45, 2.75) is 68.6 Å². The molecule has 0 radical (unpaired) electrons. The Morgan fingerprint density at radius 2 is 1.33 bits per heavy atom. The summed E-state index contributed by atoms with van der Waals surface area (Å²) in [5.41, 5.74) is 9.91. The summed E-state index contributed by atoms with van der Waals surface area (Å²) in [4.78, 5) is 22.8. The van der Waals surface area contributed by atoms with Crippen LogP contribution >= 0.6 is 0 Å². The molecule has 52 heavy (non-hydrogen) atoms. The fourth-order valence-corrected chi connectivity index (χ4v) is 5.66. The summed E-state index contributed by atoms with van der Waals surface area (Å²) in [5.74, 6) is 0.928. The molecule has 0 atom stereocenters. The molecule has 15 heteroatoms. The number of nitrogens with one attached hydrogen (secondary N) is 1. The number of benzene rings is 3. The van der Waals surface area contributed by atoms with Gasteiger partial charge in [-0.15, -0.1) is 0 Å². The van der Waals surface area contributed by atoms with E-state index in [9.17, 15) is 21.6 Å². The molecule has 5 N–H and O–H groups in total. The van der Waals surface area contributed by atoms with E-state index in [4.69, 9.17) is 19.6 Å². The second-order valence-corrected chi connectivity index (χ2v) is 14.9. The third kappa shape index (κ3) is 17.7. The van der Waals surface area contributed by atoms with Crippen molar-refractivity contribution in [3.63, 3.8) is 0 Å². The van der Waals surface area contributed by atoms with E-state index in [1.54, 1.807) is 36.4 Å². The molecule has 0 aliphatic rings. The van der Waals surface area contributed by atoms with Crippen LogP contribution in [0.15, 0.2) is 94.7 Å². The van der Waals surface area contributed by atoms with E-state index in [1.165, 1.54) is 37.1 Å². The highest BCUT2D eigenvalue weighted by Crippen LogP contribution is 2.22. The largest absolute Gasteiger partial charge is 0.465 e. The average molecular weight is 758 g/mol. The summed E-state index contributed by atoms with van der Waals surface area (Å²) in [6.45, 7) is 6.51. The van der Waals surface area contributed by atoms with Crippen LogP contribution in [0.4, 0.5) is 11.8 Å². The summed E-state index contributed by atoms with van der Waals surface area (Å²) in [5, 5.41) is 3.43. The maximum atomic E-state index is 12.1. The highest BCUT2D eigenvalue weighted by atomic mass is 32.2. The number of hydrogen-bond acceptors (Lipinski definition) is 11. The molecule has 0 saturated carbocycles. The lowest BCUT2D eigenvalue weighted by molar-refractivity contribution is -0.142. The van der Waals surface area contributed by atoms with Crippen LogP contribution in [0.25, 0.3) is 0 Å². The number of ether oxygens (including phenoxy) is 1. The van der Waals surface area contributed by atoms with E-state index in [0.29, 0.717) is 25.4 Å². The smallest absolute Gasteiger partial charge is 0.310 e. The monoisotopic (exact) mass is 757 g/mol. The van der Waals surface area contributed by atoms with Crippen molar-refractivity contribution < 1.29 is 35.5 Å². The van der Waals surface area contributed by atoms with Crippen LogP contribution in [0.3, 0.4) is 0 Å². The van der Waals surface area contributed by atoms with Gasteiger partial charge in [-0.25, -0.2) is 4.98 Å². The minimum Gasteiger partial charge on any atom is -0.465 e. The lowest BCUT2D eigenvalue weighted by atomic mass is 10.0. The highest BCUT2D eigenvalue weighted by Gasteiger charge is 2.12. The Morgan fingerprint density at radius 3 is 1.81 bits per heavy atom. The van der Waals surface area contributed by atoms with Crippen LogP contribution < -0.4 is 11.1 Å². The van der Waals surface area contributed by atoms with Gasteiger partial charge in [0.1, 0.15) is 5.82 Å². The zero-order chi connectivity index (χ0) is 38.6. The van der Waals surface area contributed by atoms with Gasteiger partial charge in [0.15, 0.2) is 0 Å². The molecule has 284 valence electrons. The van der Waals surface area contributed by atoms with Gasteiger partial charge in [-0.3, -0.25) is 13.9 Å². The fourth-order valence-electron chi connectivity index (χ4n) is 4.66. The lowest BCUT2D eigenvalue weighted by Gasteiger charge is -2.14. The number of aryl methyl sites for hydroxylation is 1. The minimum atomic E-state index is -4.00.